The number of carboxylic acid groups (broad SMARTS) is 1. The summed E-state index contributed by atoms with van der Waals surface area (Å²) in [7, 11) is 3.37. The summed E-state index contributed by atoms with van der Waals surface area (Å²) in [6.07, 6.45) is 0.137. The van der Waals surface area contributed by atoms with Crippen LogP contribution in [0.1, 0.15) is 19.8 Å². The summed E-state index contributed by atoms with van der Waals surface area (Å²) in [6.45, 7) is 1.77. The minimum absolute atomic E-state index is 0.0246. The normalized spacial score (nSPS) is 12.2. The first-order chi connectivity index (χ1) is 6.45. The maximum absolute atomic E-state index is 11.1. The molecule has 5 heteroatoms. The van der Waals surface area contributed by atoms with Crippen molar-refractivity contribution in [2.24, 2.45) is 0 Å². The molecule has 82 valence electrons. The summed E-state index contributed by atoms with van der Waals surface area (Å²) < 4.78 is 4.96. The molecule has 0 bridgehead atoms. The van der Waals surface area contributed by atoms with E-state index in [1.165, 1.54) is 11.8 Å². The van der Waals surface area contributed by atoms with Crippen molar-refractivity contribution in [2.45, 2.75) is 25.9 Å². The van der Waals surface area contributed by atoms with Gasteiger partial charge in [-0.05, 0) is 13.3 Å². The van der Waals surface area contributed by atoms with Crippen molar-refractivity contribution >= 4 is 11.9 Å². The van der Waals surface area contributed by atoms with Crippen molar-refractivity contribution in [1.29, 1.82) is 0 Å². The van der Waals surface area contributed by atoms with E-state index in [9.17, 15) is 9.59 Å². The van der Waals surface area contributed by atoms with Crippen molar-refractivity contribution in [3.05, 3.63) is 0 Å². The monoisotopic (exact) mass is 203 g/mol. The first kappa shape index (κ1) is 12.9. The van der Waals surface area contributed by atoms with E-state index in [0.717, 1.165) is 0 Å². The quantitative estimate of drug-likeness (QED) is 0.632. The van der Waals surface area contributed by atoms with E-state index in [4.69, 9.17) is 9.84 Å². The van der Waals surface area contributed by atoms with Crippen molar-refractivity contribution in [1.82, 2.24) is 4.90 Å². The first-order valence-corrected chi connectivity index (χ1v) is 4.49. The van der Waals surface area contributed by atoms with Crippen LogP contribution in [0.15, 0.2) is 0 Å². The largest absolute Gasteiger partial charge is 0.479 e. The van der Waals surface area contributed by atoms with Crippen LogP contribution >= 0.6 is 0 Å². The molecular weight excluding hydrogens is 186 g/mol. The highest BCUT2D eigenvalue weighted by Gasteiger charge is 2.10. The smallest absolute Gasteiger partial charge is 0.332 e. The van der Waals surface area contributed by atoms with Gasteiger partial charge in [-0.15, -0.1) is 0 Å². The highest BCUT2D eigenvalue weighted by Crippen LogP contribution is 1.97. The number of rotatable bonds is 6. The maximum Gasteiger partial charge on any atom is 0.332 e. The van der Waals surface area contributed by atoms with E-state index in [0.29, 0.717) is 19.4 Å². The van der Waals surface area contributed by atoms with E-state index >= 15 is 0 Å². The fourth-order valence-electron chi connectivity index (χ4n) is 0.778. The Hall–Kier alpha value is -1.10. The highest BCUT2D eigenvalue weighted by molar-refractivity contribution is 5.75. The Morgan fingerprint density at radius 3 is 2.43 bits per heavy atom. The van der Waals surface area contributed by atoms with Gasteiger partial charge in [0.15, 0.2) is 6.10 Å². The lowest BCUT2D eigenvalue weighted by atomic mass is 10.3. The van der Waals surface area contributed by atoms with Crippen LogP contribution < -0.4 is 0 Å². The second kappa shape index (κ2) is 6.37. The average Bonchev–Trinajstić information content (AvgIpc) is 2.11. The van der Waals surface area contributed by atoms with Crippen LogP contribution in [0, 0.1) is 0 Å². The van der Waals surface area contributed by atoms with E-state index in [-0.39, 0.29) is 5.91 Å². The third kappa shape index (κ3) is 5.53. The molecule has 0 spiro atoms. The lowest BCUT2D eigenvalue weighted by Gasteiger charge is -2.11. The van der Waals surface area contributed by atoms with Crippen molar-refractivity contribution < 1.29 is 19.4 Å². The second-order valence-corrected chi connectivity index (χ2v) is 3.24. The molecule has 0 aromatic rings. The Kier molecular flexibility index (Phi) is 5.87. The first-order valence-electron chi connectivity index (χ1n) is 4.49. The van der Waals surface area contributed by atoms with Gasteiger partial charge in [-0.25, -0.2) is 4.79 Å². The molecule has 0 saturated carbocycles. The van der Waals surface area contributed by atoms with E-state index < -0.39 is 12.1 Å². The van der Waals surface area contributed by atoms with E-state index in [1.807, 2.05) is 0 Å². The third-order valence-corrected chi connectivity index (χ3v) is 1.75. The number of amides is 1. The Morgan fingerprint density at radius 2 is 2.00 bits per heavy atom. The van der Waals surface area contributed by atoms with Crippen molar-refractivity contribution in [3.8, 4) is 0 Å². The molecule has 0 saturated heterocycles. The molecule has 0 fully saturated rings. The molecule has 14 heavy (non-hydrogen) atoms. The van der Waals surface area contributed by atoms with Gasteiger partial charge in [0.25, 0.3) is 0 Å². The fourth-order valence-corrected chi connectivity index (χ4v) is 0.778. The zero-order chi connectivity index (χ0) is 11.1. The molecule has 5 nitrogen and oxygen atoms in total. The molecule has 0 aromatic carbocycles. The van der Waals surface area contributed by atoms with E-state index in [1.54, 1.807) is 14.1 Å². The summed E-state index contributed by atoms with van der Waals surface area (Å²) in [5, 5.41) is 8.48. The number of carboxylic acids is 1. The van der Waals surface area contributed by atoms with Crippen molar-refractivity contribution in [3.63, 3.8) is 0 Å². The number of carbonyl (C=O) groups is 2. The van der Waals surface area contributed by atoms with Crippen molar-refractivity contribution in [2.75, 3.05) is 20.7 Å². The van der Waals surface area contributed by atoms with Crippen LogP contribution in [0.2, 0.25) is 0 Å². The summed E-state index contributed by atoms with van der Waals surface area (Å²) in [5.41, 5.74) is 0. The predicted molar refractivity (Wildman–Crippen MR) is 51.0 cm³/mol. The molecule has 0 aliphatic heterocycles. The molecule has 1 amide bonds. The summed E-state index contributed by atoms with van der Waals surface area (Å²) in [6, 6.07) is 0. The number of hydrogen-bond donors (Lipinski definition) is 1. The number of hydrogen-bond acceptors (Lipinski definition) is 3. The van der Waals surface area contributed by atoms with Gasteiger partial charge in [0, 0.05) is 27.1 Å². The van der Waals surface area contributed by atoms with E-state index in [2.05, 4.69) is 0 Å². The van der Waals surface area contributed by atoms with Crippen LogP contribution in [-0.2, 0) is 14.3 Å². The van der Waals surface area contributed by atoms with Crippen LogP contribution in [-0.4, -0.2) is 48.7 Å². The SMILES string of the molecule is C[C@@H](OCCCC(=O)N(C)C)C(=O)O. The summed E-state index contributed by atoms with van der Waals surface area (Å²) in [5.74, 6) is -0.958. The molecule has 1 atom stereocenters. The zero-order valence-corrected chi connectivity index (χ0v) is 8.82. The van der Waals surface area contributed by atoms with Gasteiger partial charge in [0.05, 0.1) is 0 Å². The maximum atomic E-state index is 11.1. The summed E-state index contributed by atoms with van der Waals surface area (Å²) in [4.78, 5) is 22.9. The molecule has 0 heterocycles. The Bertz CT molecular complexity index is 203. The Balaban J connectivity index is 3.47. The second-order valence-electron chi connectivity index (χ2n) is 3.24. The van der Waals surface area contributed by atoms with Gasteiger partial charge in [0.2, 0.25) is 5.91 Å². The van der Waals surface area contributed by atoms with Gasteiger partial charge in [-0.1, -0.05) is 0 Å². The fraction of sp³-hybridized carbons (Fsp3) is 0.778. The lowest BCUT2D eigenvalue weighted by molar-refractivity contribution is -0.149. The predicted octanol–water partition coefficient (Wildman–Crippen LogP) is 0.344. The highest BCUT2D eigenvalue weighted by atomic mass is 16.5. The molecule has 0 rings (SSSR count). The molecule has 1 N–H and O–H groups in total. The Labute approximate surface area is 83.6 Å². The Morgan fingerprint density at radius 1 is 1.43 bits per heavy atom. The molecule has 0 radical (unpaired) electrons. The zero-order valence-electron chi connectivity index (χ0n) is 8.82. The molecular formula is C9H17NO4. The molecule has 0 aliphatic rings. The standard InChI is InChI=1S/C9H17NO4/c1-7(9(12)13)14-6-4-5-8(11)10(2)3/h7H,4-6H2,1-3H3,(H,12,13)/t7-/m1/s1. The topological polar surface area (TPSA) is 66.8 Å². The van der Waals surface area contributed by atoms with Crippen LogP contribution in [0.3, 0.4) is 0 Å². The van der Waals surface area contributed by atoms with Gasteiger partial charge >= 0.3 is 5.97 Å². The molecule has 0 unspecified atom stereocenters. The lowest BCUT2D eigenvalue weighted by Crippen LogP contribution is -2.23. The number of carbonyl (C=O) groups excluding carboxylic acids is 1. The molecule has 0 aromatic heterocycles. The van der Waals surface area contributed by atoms with Gasteiger partial charge < -0.3 is 14.7 Å². The number of nitrogens with zero attached hydrogens (tertiary/aromatic N) is 1. The van der Waals surface area contributed by atoms with Crippen LogP contribution in [0.25, 0.3) is 0 Å². The molecule has 0 aliphatic carbocycles. The third-order valence-electron chi connectivity index (χ3n) is 1.75. The van der Waals surface area contributed by atoms with Crippen LogP contribution in [0.4, 0.5) is 0 Å². The summed E-state index contributed by atoms with van der Waals surface area (Å²) >= 11 is 0. The minimum atomic E-state index is -0.982. The van der Waals surface area contributed by atoms with Gasteiger partial charge in [-0.3, -0.25) is 4.79 Å². The number of aliphatic carboxylic acids is 1. The van der Waals surface area contributed by atoms with Gasteiger partial charge in [0.1, 0.15) is 0 Å². The van der Waals surface area contributed by atoms with Crippen LogP contribution in [0.5, 0.6) is 0 Å². The van der Waals surface area contributed by atoms with Gasteiger partial charge in [-0.2, -0.15) is 0 Å². The number of ether oxygens (including phenoxy) is 1. The average molecular weight is 203 g/mol. The minimum Gasteiger partial charge on any atom is -0.479 e.